The second kappa shape index (κ2) is 9.19. The summed E-state index contributed by atoms with van der Waals surface area (Å²) in [4.78, 5) is 15.0. The number of pyridine rings is 1. The third-order valence-corrected chi connectivity index (χ3v) is 7.30. The normalized spacial score (nSPS) is 12.1. The first-order valence-corrected chi connectivity index (χ1v) is 12.7. The van der Waals surface area contributed by atoms with E-state index >= 15 is 0 Å². The van der Waals surface area contributed by atoms with Crippen molar-refractivity contribution in [2.45, 2.75) is 22.4 Å². The number of hydrogen-bond acceptors (Lipinski definition) is 4. The Morgan fingerprint density at radius 2 is 1.65 bits per heavy atom. The summed E-state index contributed by atoms with van der Waals surface area (Å²) in [6.45, 7) is 0. The zero-order valence-corrected chi connectivity index (χ0v) is 19.4. The summed E-state index contributed by atoms with van der Waals surface area (Å²) in [5.74, 6) is 0. The van der Waals surface area contributed by atoms with Crippen LogP contribution in [0.1, 0.15) is 16.7 Å². The fourth-order valence-corrected chi connectivity index (χ4v) is 5.08. The van der Waals surface area contributed by atoms with Crippen molar-refractivity contribution < 1.29 is 21.6 Å². The van der Waals surface area contributed by atoms with Gasteiger partial charge in [0.1, 0.15) is 0 Å². The van der Waals surface area contributed by atoms with Crippen molar-refractivity contribution in [2.75, 3.05) is 11.0 Å². The molecular formula is C24H19F3N2O3S2. The number of hydrogen-bond donors (Lipinski definition) is 2. The average Bonchev–Trinajstić information content (AvgIpc) is 2.78. The molecule has 0 aliphatic heterocycles. The van der Waals surface area contributed by atoms with Crippen molar-refractivity contribution in [3.63, 3.8) is 0 Å². The van der Waals surface area contributed by atoms with Gasteiger partial charge in [-0.1, -0.05) is 24.3 Å². The lowest BCUT2D eigenvalue weighted by Crippen LogP contribution is -2.14. The van der Waals surface area contributed by atoms with Crippen LogP contribution in [0, 0.1) is 0 Å². The second-order valence-corrected chi connectivity index (χ2v) is 10.1. The lowest BCUT2D eigenvalue weighted by Gasteiger charge is -2.12. The molecule has 1 heterocycles. The van der Waals surface area contributed by atoms with Gasteiger partial charge in [-0.15, -0.1) is 11.8 Å². The summed E-state index contributed by atoms with van der Waals surface area (Å²) in [7, 11) is -3.80. The molecule has 3 aromatic carbocycles. The standard InChI is InChI=1S/C24H19F3N2O3S2/c1-33-18-4-2-3-17(13-18)29-34(31,32)19-8-5-15(6-9-19)11-16-7-10-22-20(12-16)21(24(25,26)27)14-23(30)28-22/h2-10,12-14,29H,11H2,1H3,(H,28,30). The highest BCUT2D eigenvalue weighted by atomic mass is 32.2. The molecule has 4 aromatic rings. The highest BCUT2D eigenvalue weighted by Gasteiger charge is 2.33. The first-order chi connectivity index (χ1) is 16.0. The van der Waals surface area contributed by atoms with E-state index in [1.54, 1.807) is 36.4 Å². The van der Waals surface area contributed by atoms with Crippen LogP contribution in [0.2, 0.25) is 0 Å². The Kier molecular flexibility index (Phi) is 6.46. The first kappa shape index (κ1) is 23.9. The van der Waals surface area contributed by atoms with Crippen LogP contribution in [0.4, 0.5) is 18.9 Å². The summed E-state index contributed by atoms with van der Waals surface area (Å²) in [5, 5.41) is -0.0968. The molecule has 0 saturated carbocycles. The number of halogens is 3. The van der Waals surface area contributed by atoms with E-state index in [2.05, 4.69) is 9.71 Å². The molecule has 0 saturated heterocycles. The molecule has 10 heteroatoms. The van der Waals surface area contributed by atoms with Crippen LogP contribution in [-0.4, -0.2) is 19.7 Å². The number of rotatable bonds is 6. The molecule has 0 amide bonds. The molecular weight excluding hydrogens is 485 g/mol. The van der Waals surface area contributed by atoms with Gasteiger partial charge in [0.25, 0.3) is 10.0 Å². The van der Waals surface area contributed by atoms with Gasteiger partial charge in [-0.05, 0) is 66.3 Å². The van der Waals surface area contributed by atoms with Crippen LogP contribution in [-0.2, 0) is 22.6 Å². The molecule has 0 fully saturated rings. The molecule has 0 aliphatic carbocycles. The average molecular weight is 505 g/mol. The van der Waals surface area contributed by atoms with Gasteiger partial charge in [0.2, 0.25) is 5.56 Å². The van der Waals surface area contributed by atoms with Crippen molar-refractivity contribution >= 4 is 38.4 Å². The summed E-state index contributed by atoms with van der Waals surface area (Å²) < 4.78 is 68.2. The number of thioether (sulfide) groups is 1. The van der Waals surface area contributed by atoms with Crippen LogP contribution in [0.15, 0.2) is 87.4 Å². The number of aromatic amines is 1. The summed E-state index contributed by atoms with van der Waals surface area (Å²) in [5.41, 5.74) is 0.0462. The number of benzene rings is 3. The topological polar surface area (TPSA) is 79.0 Å². The first-order valence-electron chi connectivity index (χ1n) is 10.0. The van der Waals surface area contributed by atoms with Crippen LogP contribution in [0.5, 0.6) is 0 Å². The maximum absolute atomic E-state index is 13.4. The molecule has 5 nitrogen and oxygen atoms in total. The SMILES string of the molecule is CSc1cccc(NS(=O)(=O)c2ccc(Cc3ccc4[nH]c(=O)cc(C(F)(F)F)c4c3)cc2)c1. The molecule has 176 valence electrons. The summed E-state index contributed by atoms with van der Waals surface area (Å²) >= 11 is 1.50. The zero-order valence-electron chi connectivity index (χ0n) is 17.8. The van der Waals surface area contributed by atoms with E-state index < -0.39 is 27.3 Å². The van der Waals surface area contributed by atoms with E-state index in [0.717, 1.165) is 10.5 Å². The van der Waals surface area contributed by atoms with E-state index in [1.165, 1.54) is 36.0 Å². The number of fused-ring (bicyclic) bond motifs is 1. The van der Waals surface area contributed by atoms with Crippen molar-refractivity contribution in [3.8, 4) is 0 Å². The molecule has 0 radical (unpaired) electrons. The van der Waals surface area contributed by atoms with Gasteiger partial charge < -0.3 is 4.98 Å². The predicted octanol–water partition coefficient (Wildman–Crippen LogP) is 5.66. The molecule has 2 N–H and O–H groups in total. The van der Waals surface area contributed by atoms with Crippen molar-refractivity contribution in [1.29, 1.82) is 0 Å². The van der Waals surface area contributed by atoms with E-state index in [-0.39, 0.29) is 22.2 Å². The summed E-state index contributed by atoms with van der Waals surface area (Å²) in [6.07, 6.45) is -2.48. The number of alkyl halides is 3. The lowest BCUT2D eigenvalue weighted by molar-refractivity contribution is -0.136. The molecule has 0 atom stereocenters. The molecule has 0 bridgehead atoms. The van der Waals surface area contributed by atoms with Crippen molar-refractivity contribution in [3.05, 3.63) is 99.8 Å². The number of sulfonamides is 1. The van der Waals surface area contributed by atoms with E-state index in [0.29, 0.717) is 17.3 Å². The maximum Gasteiger partial charge on any atom is 0.417 e. The molecule has 0 unspecified atom stereocenters. The maximum atomic E-state index is 13.4. The highest BCUT2D eigenvalue weighted by molar-refractivity contribution is 7.98. The third-order valence-electron chi connectivity index (χ3n) is 5.18. The van der Waals surface area contributed by atoms with E-state index in [1.807, 2.05) is 12.3 Å². The Bertz CT molecular complexity index is 1510. The quantitative estimate of drug-likeness (QED) is 0.332. The third kappa shape index (κ3) is 5.28. The molecule has 0 aliphatic rings. The van der Waals surface area contributed by atoms with Gasteiger partial charge in [0.05, 0.1) is 10.5 Å². The fourth-order valence-electron chi connectivity index (χ4n) is 3.57. The molecule has 0 spiro atoms. The minimum Gasteiger partial charge on any atom is -0.322 e. The second-order valence-electron chi connectivity index (χ2n) is 7.58. The Labute approximate surface area is 198 Å². The van der Waals surface area contributed by atoms with E-state index in [9.17, 15) is 26.4 Å². The largest absolute Gasteiger partial charge is 0.417 e. The van der Waals surface area contributed by atoms with Gasteiger partial charge in [0, 0.05) is 27.6 Å². The number of aromatic nitrogens is 1. The zero-order chi connectivity index (χ0) is 24.5. The Balaban J connectivity index is 1.58. The van der Waals surface area contributed by atoms with Gasteiger partial charge in [0.15, 0.2) is 0 Å². The number of anilines is 1. The highest BCUT2D eigenvalue weighted by Crippen LogP contribution is 2.34. The van der Waals surface area contributed by atoms with Gasteiger partial charge >= 0.3 is 6.18 Å². The monoisotopic (exact) mass is 504 g/mol. The van der Waals surface area contributed by atoms with Crippen molar-refractivity contribution in [2.24, 2.45) is 0 Å². The van der Waals surface area contributed by atoms with Gasteiger partial charge in [-0.3, -0.25) is 9.52 Å². The van der Waals surface area contributed by atoms with Crippen LogP contribution < -0.4 is 10.3 Å². The predicted molar refractivity (Wildman–Crippen MR) is 128 cm³/mol. The number of H-pyrrole nitrogens is 1. The minimum absolute atomic E-state index is 0.0706. The Hall–Kier alpha value is -3.24. The van der Waals surface area contributed by atoms with Crippen LogP contribution in [0.25, 0.3) is 10.9 Å². The van der Waals surface area contributed by atoms with Gasteiger partial charge in [-0.2, -0.15) is 13.2 Å². The van der Waals surface area contributed by atoms with Gasteiger partial charge in [-0.25, -0.2) is 8.42 Å². The molecule has 1 aromatic heterocycles. The van der Waals surface area contributed by atoms with E-state index in [4.69, 9.17) is 0 Å². The Morgan fingerprint density at radius 1 is 0.941 bits per heavy atom. The number of nitrogens with one attached hydrogen (secondary N) is 2. The lowest BCUT2D eigenvalue weighted by atomic mass is 10.0. The van der Waals surface area contributed by atoms with Crippen molar-refractivity contribution in [1.82, 2.24) is 4.98 Å². The fraction of sp³-hybridized carbons (Fsp3) is 0.125. The Morgan fingerprint density at radius 3 is 2.32 bits per heavy atom. The minimum atomic E-state index is -4.66. The molecule has 4 rings (SSSR count). The van der Waals surface area contributed by atoms with Crippen LogP contribution >= 0.6 is 11.8 Å². The summed E-state index contributed by atoms with van der Waals surface area (Å²) in [6, 6.07) is 18.2. The van der Waals surface area contributed by atoms with Crippen LogP contribution in [0.3, 0.4) is 0 Å². The smallest absolute Gasteiger partial charge is 0.322 e. The molecule has 34 heavy (non-hydrogen) atoms.